The number of carbonyl (C=O) groups excluding carboxylic acids is 2. The van der Waals surface area contributed by atoms with Gasteiger partial charge in [0.15, 0.2) is 0 Å². The van der Waals surface area contributed by atoms with Gasteiger partial charge in [-0.15, -0.1) is 0 Å². The van der Waals surface area contributed by atoms with Gasteiger partial charge in [-0.2, -0.15) is 0 Å². The van der Waals surface area contributed by atoms with Crippen molar-refractivity contribution in [2.45, 2.75) is 13.0 Å². The van der Waals surface area contributed by atoms with Gasteiger partial charge in [0.05, 0.1) is 6.61 Å². The van der Waals surface area contributed by atoms with Gasteiger partial charge in [-0.25, -0.2) is 0 Å². The van der Waals surface area contributed by atoms with Crippen LogP contribution in [0.15, 0.2) is 0 Å². The van der Waals surface area contributed by atoms with Crippen LogP contribution in [-0.4, -0.2) is 25.3 Å². The van der Waals surface area contributed by atoms with Crippen LogP contribution in [-0.2, 0) is 14.3 Å². The molecule has 0 aliphatic carbocycles. The zero-order valence-electron chi connectivity index (χ0n) is 5.24. The van der Waals surface area contributed by atoms with E-state index in [1.807, 2.05) is 0 Å². The third kappa shape index (κ3) is 5.17. The van der Waals surface area contributed by atoms with Crippen LogP contribution in [0.3, 0.4) is 0 Å². The van der Waals surface area contributed by atoms with Crippen molar-refractivity contribution < 1.29 is 14.3 Å². The van der Waals surface area contributed by atoms with E-state index in [-0.39, 0.29) is 6.61 Å². The highest BCUT2D eigenvalue weighted by atomic mass is 16.5. The molecule has 0 saturated heterocycles. The van der Waals surface area contributed by atoms with Crippen molar-refractivity contribution in [1.82, 2.24) is 0 Å². The number of aldehydes is 2. The van der Waals surface area contributed by atoms with Crippen LogP contribution in [0.2, 0.25) is 0 Å². The monoisotopic (exact) mass is 129 g/mol. The van der Waals surface area contributed by atoms with E-state index in [0.717, 1.165) is 0 Å². The van der Waals surface area contributed by atoms with E-state index in [0.29, 0.717) is 12.6 Å². The predicted octanol–water partition coefficient (Wildman–Crippen LogP) is -0.00641. The Hall–Kier alpha value is -0.700. The number of hydrogen-bond donors (Lipinski definition) is 0. The van der Waals surface area contributed by atoms with E-state index in [1.54, 1.807) is 6.92 Å². The van der Waals surface area contributed by atoms with Crippen LogP contribution in [0.5, 0.6) is 0 Å². The molecule has 0 aromatic carbocycles. The molecule has 3 nitrogen and oxygen atoms in total. The van der Waals surface area contributed by atoms with E-state index in [9.17, 15) is 9.59 Å². The summed E-state index contributed by atoms with van der Waals surface area (Å²) >= 11 is 0. The molecule has 0 heterocycles. The fraction of sp³-hybridized carbons (Fsp3) is 0.500. The maximum absolute atomic E-state index is 9.87. The lowest BCUT2D eigenvalue weighted by molar-refractivity contribution is -0.117. The van der Waals surface area contributed by atoms with Gasteiger partial charge in [0.1, 0.15) is 18.7 Å². The standard InChI is InChI=1S/C6H9O3/c1-6(5-8)9-4-2-3-7/h2-3,5-6H,4H2,1H3. The molecule has 0 rings (SSSR count). The van der Waals surface area contributed by atoms with Crippen molar-refractivity contribution in [1.29, 1.82) is 0 Å². The lowest BCUT2D eigenvalue weighted by Crippen LogP contribution is -2.10. The highest BCUT2D eigenvalue weighted by molar-refractivity contribution is 5.61. The summed E-state index contributed by atoms with van der Waals surface area (Å²) in [5, 5.41) is 0. The Morgan fingerprint density at radius 2 is 2.22 bits per heavy atom. The molecule has 1 atom stereocenters. The van der Waals surface area contributed by atoms with Crippen molar-refractivity contribution in [3.05, 3.63) is 6.42 Å². The molecule has 0 bridgehead atoms. The summed E-state index contributed by atoms with van der Waals surface area (Å²) in [5.74, 6) is 0. The van der Waals surface area contributed by atoms with Crippen LogP contribution in [0, 0.1) is 6.42 Å². The van der Waals surface area contributed by atoms with Crippen molar-refractivity contribution in [3.63, 3.8) is 0 Å². The summed E-state index contributed by atoms with van der Waals surface area (Å²) in [5.41, 5.74) is 0. The number of hydrogen-bond acceptors (Lipinski definition) is 3. The quantitative estimate of drug-likeness (QED) is 0.387. The molecule has 51 valence electrons. The third-order valence-electron chi connectivity index (χ3n) is 0.743. The molecule has 1 unspecified atom stereocenters. The topological polar surface area (TPSA) is 43.4 Å². The number of ether oxygens (including phenoxy) is 1. The maximum atomic E-state index is 9.87. The summed E-state index contributed by atoms with van der Waals surface area (Å²) in [4.78, 5) is 19.5. The van der Waals surface area contributed by atoms with Crippen LogP contribution in [0.4, 0.5) is 0 Å². The molecule has 0 aromatic rings. The molecule has 9 heavy (non-hydrogen) atoms. The highest BCUT2D eigenvalue weighted by Gasteiger charge is 1.96. The first-order valence-electron chi connectivity index (χ1n) is 2.65. The maximum Gasteiger partial charge on any atom is 0.148 e. The predicted molar refractivity (Wildman–Crippen MR) is 31.8 cm³/mol. The Bertz CT molecular complexity index is 90.3. The minimum Gasteiger partial charge on any atom is -0.370 e. The first-order valence-corrected chi connectivity index (χ1v) is 2.65. The molecule has 3 heteroatoms. The highest BCUT2D eigenvalue weighted by Crippen LogP contribution is 1.84. The van der Waals surface area contributed by atoms with Gasteiger partial charge in [-0.05, 0) is 6.92 Å². The van der Waals surface area contributed by atoms with Gasteiger partial charge in [0, 0.05) is 6.42 Å². The van der Waals surface area contributed by atoms with E-state index >= 15 is 0 Å². The summed E-state index contributed by atoms with van der Waals surface area (Å²) in [7, 11) is 0. The molecule has 0 aliphatic heterocycles. The second-order valence-corrected chi connectivity index (χ2v) is 1.55. The van der Waals surface area contributed by atoms with Crippen LogP contribution < -0.4 is 0 Å². The molecule has 0 amide bonds. The summed E-state index contributed by atoms with van der Waals surface area (Å²) in [6.45, 7) is 1.83. The SMILES string of the molecule is CC(C=O)OC[CH]C=O. The zero-order valence-corrected chi connectivity index (χ0v) is 5.24. The van der Waals surface area contributed by atoms with E-state index in [4.69, 9.17) is 4.74 Å². The van der Waals surface area contributed by atoms with Crippen molar-refractivity contribution in [3.8, 4) is 0 Å². The van der Waals surface area contributed by atoms with Crippen LogP contribution in [0.1, 0.15) is 6.92 Å². The molecule has 0 saturated carbocycles. The Balaban J connectivity index is 3.05. The lowest BCUT2D eigenvalue weighted by atomic mass is 10.4. The normalized spacial score (nSPS) is 12.6. The molecular formula is C6H9O3. The average Bonchev–Trinajstić information content (AvgIpc) is 1.89. The van der Waals surface area contributed by atoms with Crippen molar-refractivity contribution >= 4 is 12.6 Å². The zero-order chi connectivity index (χ0) is 7.11. The molecule has 0 spiro atoms. The Morgan fingerprint density at radius 3 is 2.67 bits per heavy atom. The summed E-state index contributed by atoms with van der Waals surface area (Å²) in [6.07, 6.45) is 2.21. The lowest BCUT2D eigenvalue weighted by Gasteiger charge is -2.01. The van der Waals surface area contributed by atoms with Gasteiger partial charge >= 0.3 is 0 Å². The van der Waals surface area contributed by atoms with Gasteiger partial charge in [0.25, 0.3) is 0 Å². The van der Waals surface area contributed by atoms with Gasteiger partial charge < -0.3 is 14.3 Å². The van der Waals surface area contributed by atoms with E-state index in [2.05, 4.69) is 0 Å². The van der Waals surface area contributed by atoms with Crippen LogP contribution >= 0.6 is 0 Å². The van der Waals surface area contributed by atoms with E-state index < -0.39 is 6.10 Å². The smallest absolute Gasteiger partial charge is 0.148 e. The minimum absolute atomic E-state index is 0.212. The second kappa shape index (κ2) is 5.44. The number of carbonyl (C=O) groups is 2. The molecule has 0 fully saturated rings. The molecule has 0 N–H and O–H groups in total. The third-order valence-corrected chi connectivity index (χ3v) is 0.743. The Labute approximate surface area is 54.0 Å². The fourth-order valence-electron chi connectivity index (χ4n) is 0.286. The van der Waals surface area contributed by atoms with Crippen molar-refractivity contribution in [2.75, 3.05) is 6.61 Å². The second-order valence-electron chi connectivity index (χ2n) is 1.55. The average molecular weight is 129 g/mol. The first kappa shape index (κ1) is 8.30. The van der Waals surface area contributed by atoms with E-state index in [1.165, 1.54) is 6.42 Å². The summed E-state index contributed by atoms with van der Waals surface area (Å²) < 4.78 is 4.78. The molecular weight excluding hydrogens is 120 g/mol. The number of rotatable bonds is 5. The Morgan fingerprint density at radius 1 is 1.56 bits per heavy atom. The first-order chi connectivity index (χ1) is 4.31. The van der Waals surface area contributed by atoms with Crippen molar-refractivity contribution in [2.24, 2.45) is 0 Å². The minimum atomic E-state index is -0.416. The molecule has 1 radical (unpaired) electrons. The summed E-state index contributed by atoms with van der Waals surface area (Å²) in [6, 6.07) is 0. The van der Waals surface area contributed by atoms with Gasteiger partial charge in [0.2, 0.25) is 0 Å². The van der Waals surface area contributed by atoms with Gasteiger partial charge in [-0.3, -0.25) is 0 Å². The van der Waals surface area contributed by atoms with Gasteiger partial charge in [-0.1, -0.05) is 0 Å². The molecule has 0 aromatic heterocycles. The Kier molecular flexibility index (Phi) is 5.01. The molecule has 0 aliphatic rings. The fourth-order valence-corrected chi connectivity index (χ4v) is 0.286. The largest absolute Gasteiger partial charge is 0.370 e. The van der Waals surface area contributed by atoms with Crippen LogP contribution in [0.25, 0.3) is 0 Å².